The lowest BCUT2D eigenvalue weighted by molar-refractivity contribution is 0.291. The predicted octanol–water partition coefficient (Wildman–Crippen LogP) is 5.12. The van der Waals surface area contributed by atoms with Crippen LogP contribution in [0.2, 0.25) is 0 Å². The van der Waals surface area contributed by atoms with Gasteiger partial charge in [0.05, 0.1) is 6.04 Å². The van der Waals surface area contributed by atoms with Crippen LogP contribution < -0.4 is 10.6 Å². The molecule has 0 aromatic heterocycles. The zero-order chi connectivity index (χ0) is 19.3. The fourth-order valence-corrected chi connectivity index (χ4v) is 5.81. The van der Waals surface area contributed by atoms with Gasteiger partial charge in [0.1, 0.15) is 6.61 Å². The molecule has 3 aromatic rings. The van der Waals surface area contributed by atoms with Gasteiger partial charge in [-0.3, -0.25) is 0 Å². The highest BCUT2D eigenvalue weighted by Crippen LogP contribution is 2.39. The van der Waals surface area contributed by atoms with Gasteiger partial charge < -0.3 is 4.74 Å². The molecule has 0 amide bonds. The Bertz CT molecular complexity index is 898. The van der Waals surface area contributed by atoms with E-state index in [4.69, 9.17) is 9.73 Å². The summed E-state index contributed by atoms with van der Waals surface area (Å²) in [7, 11) is -0.492. The van der Waals surface area contributed by atoms with Crippen LogP contribution >= 0.6 is 7.92 Å². The minimum Gasteiger partial charge on any atom is -0.475 e. The molecule has 0 aliphatic carbocycles. The van der Waals surface area contributed by atoms with Gasteiger partial charge in [-0.25, -0.2) is 4.99 Å². The van der Waals surface area contributed by atoms with E-state index in [2.05, 4.69) is 98.8 Å². The lowest BCUT2D eigenvalue weighted by atomic mass is 10.1. The predicted molar refractivity (Wildman–Crippen MR) is 120 cm³/mol. The quantitative estimate of drug-likeness (QED) is 0.538. The SMILES string of the molecule is CC(C)C1COC(c2ccccc2CP(c2ccccc2)c2ccccc2)=N1. The van der Waals surface area contributed by atoms with E-state index >= 15 is 0 Å². The third kappa shape index (κ3) is 4.18. The molecule has 3 aromatic carbocycles. The second-order valence-electron chi connectivity index (χ2n) is 7.47. The molecular weight excluding hydrogens is 361 g/mol. The topological polar surface area (TPSA) is 21.6 Å². The summed E-state index contributed by atoms with van der Waals surface area (Å²) in [5, 5.41) is 2.79. The first-order valence-corrected chi connectivity index (χ1v) is 11.4. The van der Waals surface area contributed by atoms with E-state index in [0.717, 1.165) is 17.6 Å². The Morgan fingerprint density at radius 3 is 2.00 bits per heavy atom. The van der Waals surface area contributed by atoms with Gasteiger partial charge in [-0.05, 0) is 36.1 Å². The molecule has 1 unspecified atom stereocenters. The van der Waals surface area contributed by atoms with Crippen LogP contribution in [0.15, 0.2) is 89.9 Å². The summed E-state index contributed by atoms with van der Waals surface area (Å²) in [6.07, 6.45) is 0.980. The standard InChI is InChI=1S/C25H26NOP/c1-19(2)24-17-27-25(26-24)23-16-10-9-11-20(23)18-28(21-12-5-3-6-13-21)22-14-7-4-8-15-22/h3-16,19,24H,17-18H2,1-2H3. The zero-order valence-electron chi connectivity index (χ0n) is 16.5. The monoisotopic (exact) mass is 387 g/mol. The summed E-state index contributed by atoms with van der Waals surface area (Å²) in [6.45, 7) is 5.10. The summed E-state index contributed by atoms with van der Waals surface area (Å²) in [5.41, 5.74) is 2.45. The van der Waals surface area contributed by atoms with Crippen molar-refractivity contribution in [1.29, 1.82) is 0 Å². The number of hydrogen-bond acceptors (Lipinski definition) is 2. The van der Waals surface area contributed by atoms with E-state index in [0.29, 0.717) is 12.5 Å². The van der Waals surface area contributed by atoms with Crippen LogP contribution in [0.4, 0.5) is 0 Å². The van der Waals surface area contributed by atoms with Gasteiger partial charge in [0.15, 0.2) is 0 Å². The summed E-state index contributed by atoms with van der Waals surface area (Å²) in [6, 6.07) is 30.6. The molecule has 0 N–H and O–H groups in total. The highest BCUT2D eigenvalue weighted by molar-refractivity contribution is 7.72. The molecule has 0 radical (unpaired) electrons. The van der Waals surface area contributed by atoms with Gasteiger partial charge >= 0.3 is 0 Å². The Hall–Kier alpha value is -2.44. The maximum Gasteiger partial charge on any atom is 0.216 e. The Morgan fingerprint density at radius 1 is 0.857 bits per heavy atom. The summed E-state index contributed by atoms with van der Waals surface area (Å²) in [5.74, 6) is 1.31. The second kappa shape index (κ2) is 8.71. The van der Waals surface area contributed by atoms with Crippen molar-refractivity contribution in [3.8, 4) is 0 Å². The normalized spacial score (nSPS) is 16.3. The van der Waals surface area contributed by atoms with Gasteiger partial charge in [0.25, 0.3) is 0 Å². The molecule has 0 bridgehead atoms. The molecule has 1 aliphatic heterocycles. The van der Waals surface area contributed by atoms with Crippen LogP contribution in [0.1, 0.15) is 25.0 Å². The van der Waals surface area contributed by atoms with Gasteiger partial charge in [0, 0.05) is 11.7 Å². The molecule has 0 spiro atoms. The first kappa shape index (κ1) is 18.9. The van der Waals surface area contributed by atoms with Crippen molar-refractivity contribution < 1.29 is 4.74 Å². The van der Waals surface area contributed by atoms with Crippen LogP contribution in [0.5, 0.6) is 0 Å². The van der Waals surface area contributed by atoms with Crippen LogP contribution in [0.3, 0.4) is 0 Å². The second-order valence-corrected chi connectivity index (χ2v) is 9.68. The van der Waals surface area contributed by atoms with Crippen molar-refractivity contribution in [2.24, 2.45) is 10.9 Å². The van der Waals surface area contributed by atoms with Gasteiger partial charge in [-0.15, -0.1) is 0 Å². The minimum atomic E-state index is -0.492. The zero-order valence-corrected chi connectivity index (χ0v) is 17.3. The maximum absolute atomic E-state index is 6.00. The van der Waals surface area contributed by atoms with Gasteiger partial charge in [-0.2, -0.15) is 0 Å². The number of ether oxygens (including phenoxy) is 1. The summed E-state index contributed by atoms with van der Waals surface area (Å²) in [4.78, 5) is 4.87. The fourth-order valence-electron chi connectivity index (χ4n) is 3.46. The highest BCUT2D eigenvalue weighted by atomic mass is 31.1. The fraction of sp³-hybridized carbons (Fsp3) is 0.240. The summed E-state index contributed by atoms with van der Waals surface area (Å²) < 4.78 is 6.00. The first-order valence-electron chi connectivity index (χ1n) is 9.89. The molecule has 1 heterocycles. The molecule has 0 saturated carbocycles. The van der Waals surface area contributed by atoms with Crippen molar-refractivity contribution in [3.05, 3.63) is 96.1 Å². The van der Waals surface area contributed by atoms with E-state index in [1.54, 1.807) is 0 Å². The lowest BCUT2D eigenvalue weighted by Crippen LogP contribution is -2.14. The minimum absolute atomic E-state index is 0.257. The molecular formula is C25H26NOP. The largest absolute Gasteiger partial charge is 0.475 e. The number of benzene rings is 3. The third-order valence-corrected chi connectivity index (χ3v) is 7.66. The van der Waals surface area contributed by atoms with Crippen molar-refractivity contribution in [1.82, 2.24) is 0 Å². The summed E-state index contributed by atoms with van der Waals surface area (Å²) >= 11 is 0. The molecule has 28 heavy (non-hydrogen) atoms. The highest BCUT2D eigenvalue weighted by Gasteiger charge is 2.25. The van der Waals surface area contributed by atoms with E-state index < -0.39 is 7.92 Å². The number of hydrogen-bond donors (Lipinski definition) is 0. The van der Waals surface area contributed by atoms with Gasteiger partial charge in [-0.1, -0.05) is 92.7 Å². The molecule has 142 valence electrons. The van der Waals surface area contributed by atoms with Crippen molar-refractivity contribution in [3.63, 3.8) is 0 Å². The average Bonchev–Trinajstić information content (AvgIpc) is 3.24. The molecule has 1 aliphatic rings. The molecule has 1 atom stereocenters. The van der Waals surface area contributed by atoms with Crippen LogP contribution in [-0.2, 0) is 10.9 Å². The molecule has 2 nitrogen and oxygen atoms in total. The smallest absolute Gasteiger partial charge is 0.216 e. The van der Waals surface area contributed by atoms with Crippen LogP contribution in [0, 0.1) is 5.92 Å². The van der Waals surface area contributed by atoms with E-state index in [-0.39, 0.29) is 6.04 Å². The Kier molecular flexibility index (Phi) is 5.88. The number of nitrogens with zero attached hydrogens (tertiary/aromatic N) is 1. The van der Waals surface area contributed by atoms with Crippen molar-refractivity contribution in [2.75, 3.05) is 6.61 Å². The average molecular weight is 387 g/mol. The Labute approximate surface area is 169 Å². The molecule has 0 fully saturated rings. The van der Waals surface area contributed by atoms with E-state index in [9.17, 15) is 0 Å². The Balaban J connectivity index is 1.70. The number of aliphatic imine (C=N–C) groups is 1. The third-order valence-electron chi connectivity index (χ3n) is 5.16. The van der Waals surface area contributed by atoms with E-state index in [1.807, 2.05) is 0 Å². The maximum atomic E-state index is 6.00. The van der Waals surface area contributed by atoms with E-state index in [1.165, 1.54) is 16.2 Å². The lowest BCUT2D eigenvalue weighted by Gasteiger charge is -2.20. The Morgan fingerprint density at radius 2 is 1.43 bits per heavy atom. The van der Waals surface area contributed by atoms with Gasteiger partial charge in [0.2, 0.25) is 5.90 Å². The first-order chi connectivity index (χ1) is 13.7. The van der Waals surface area contributed by atoms with Crippen LogP contribution in [0.25, 0.3) is 0 Å². The molecule has 0 saturated heterocycles. The number of rotatable bonds is 6. The van der Waals surface area contributed by atoms with Crippen molar-refractivity contribution in [2.45, 2.75) is 26.1 Å². The van der Waals surface area contributed by atoms with Crippen molar-refractivity contribution >= 4 is 24.4 Å². The molecule has 4 rings (SSSR count). The molecule has 3 heteroatoms. The van der Waals surface area contributed by atoms with Crippen LogP contribution in [-0.4, -0.2) is 18.5 Å².